The van der Waals surface area contributed by atoms with E-state index >= 15 is 0 Å². The van der Waals surface area contributed by atoms with E-state index in [0.717, 1.165) is 13.1 Å². The van der Waals surface area contributed by atoms with Gasteiger partial charge in [0.1, 0.15) is 0 Å². The fourth-order valence-corrected chi connectivity index (χ4v) is 3.38. The minimum Gasteiger partial charge on any atom is -0.337 e. The van der Waals surface area contributed by atoms with Crippen LogP contribution in [0.3, 0.4) is 0 Å². The van der Waals surface area contributed by atoms with Crippen LogP contribution in [0.25, 0.3) is 0 Å². The molecule has 1 aliphatic rings. The van der Waals surface area contributed by atoms with Crippen molar-refractivity contribution in [2.45, 2.75) is 24.3 Å². The number of carbonyl (C=O) groups is 1. The van der Waals surface area contributed by atoms with Gasteiger partial charge in [0.2, 0.25) is 15.9 Å². The van der Waals surface area contributed by atoms with Crippen molar-refractivity contribution in [2.24, 2.45) is 0 Å². The highest BCUT2D eigenvalue weighted by molar-refractivity contribution is 7.89. The van der Waals surface area contributed by atoms with Crippen molar-refractivity contribution in [1.82, 2.24) is 14.9 Å². The molecule has 2 rings (SSSR count). The second kappa shape index (κ2) is 8.47. The van der Waals surface area contributed by atoms with Gasteiger partial charge in [-0.2, -0.15) is 0 Å². The lowest BCUT2D eigenvalue weighted by Gasteiger charge is -2.34. The van der Waals surface area contributed by atoms with Gasteiger partial charge < -0.3 is 10.2 Å². The van der Waals surface area contributed by atoms with E-state index in [1.54, 1.807) is 23.1 Å². The molecule has 22 heavy (non-hydrogen) atoms. The number of carbonyl (C=O) groups excluding carboxylic acids is 1. The Morgan fingerprint density at radius 1 is 1.36 bits per heavy atom. The maximum atomic E-state index is 12.1. The minimum absolute atomic E-state index is 0. The van der Waals surface area contributed by atoms with Gasteiger partial charge >= 0.3 is 0 Å². The van der Waals surface area contributed by atoms with Crippen LogP contribution in [0.4, 0.5) is 0 Å². The molecule has 1 amide bonds. The number of benzene rings is 1. The number of halogens is 1. The molecule has 0 bridgehead atoms. The van der Waals surface area contributed by atoms with Crippen molar-refractivity contribution in [3.63, 3.8) is 0 Å². The van der Waals surface area contributed by atoms with E-state index in [1.807, 2.05) is 6.92 Å². The maximum Gasteiger partial charge on any atom is 0.240 e. The van der Waals surface area contributed by atoms with E-state index in [9.17, 15) is 13.2 Å². The number of nitrogens with one attached hydrogen (secondary N) is 2. The highest BCUT2D eigenvalue weighted by atomic mass is 35.5. The molecule has 6 nitrogen and oxygen atoms in total. The van der Waals surface area contributed by atoms with Gasteiger partial charge in [-0.05, 0) is 19.1 Å². The Balaban J connectivity index is 0.00000242. The molecule has 0 radical (unpaired) electrons. The van der Waals surface area contributed by atoms with Gasteiger partial charge in [-0.3, -0.25) is 4.79 Å². The van der Waals surface area contributed by atoms with Crippen molar-refractivity contribution in [3.05, 3.63) is 30.3 Å². The quantitative estimate of drug-likeness (QED) is 0.817. The van der Waals surface area contributed by atoms with Gasteiger partial charge in [0.25, 0.3) is 0 Å². The summed E-state index contributed by atoms with van der Waals surface area (Å²) in [4.78, 5) is 14.1. The van der Waals surface area contributed by atoms with Crippen molar-refractivity contribution in [3.8, 4) is 0 Å². The summed E-state index contributed by atoms with van der Waals surface area (Å²) in [6, 6.07) is 8.31. The third kappa shape index (κ3) is 4.95. The van der Waals surface area contributed by atoms with E-state index in [2.05, 4.69) is 10.0 Å². The summed E-state index contributed by atoms with van der Waals surface area (Å²) in [5, 5.41) is 3.22. The number of rotatable bonds is 5. The molecule has 1 fully saturated rings. The zero-order chi connectivity index (χ0) is 15.3. The number of hydrogen-bond acceptors (Lipinski definition) is 4. The molecule has 1 aromatic carbocycles. The third-order valence-corrected chi connectivity index (χ3v) is 4.98. The summed E-state index contributed by atoms with van der Waals surface area (Å²) in [5.74, 6) is -0.0141. The topological polar surface area (TPSA) is 78.5 Å². The first-order valence-electron chi connectivity index (χ1n) is 7.05. The third-order valence-electron chi connectivity index (χ3n) is 3.51. The zero-order valence-corrected chi connectivity index (χ0v) is 14.1. The SMILES string of the molecule is C[C@H]1CNCCN1C(=O)CCNS(=O)(=O)c1ccccc1.Cl. The largest absolute Gasteiger partial charge is 0.337 e. The summed E-state index contributed by atoms with van der Waals surface area (Å²) in [5.41, 5.74) is 0. The summed E-state index contributed by atoms with van der Waals surface area (Å²) in [6.07, 6.45) is 0.177. The first kappa shape index (κ1) is 18.9. The summed E-state index contributed by atoms with van der Waals surface area (Å²) in [6.45, 7) is 4.34. The van der Waals surface area contributed by atoms with E-state index in [4.69, 9.17) is 0 Å². The van der Waals surface area contributed by atoms with E-state index in [1.165, 1.54) is 12.1 Å². The van der Waals surface area contributed by atoms with Crippen molar-refractivity contribution in [2.75, 3.05) is 26.2 Å². The van der Waals surface area contributed by atoms with Crippen molar-refractivity contribution >= 4 is 28.3 Å². The van der Waals surface area contributed by atoms with Crippen LogP contribution in [0.2, 0.25) is 0 Å². The number of amides is 1. The van der Waals surface area contributed by atoms with Gasteiger partial charge in [0, 0.05) is 38.6 Å². The molecule has 8 heteroatoms. The lowest BCUT2D eigenvalue weighted by Crippen LogP contribution is -2.52. The van der Waals surface area contributed by atoms with Gasteiger partial charge in [0.05, 0.1) is 4.90 Å². The Bertz CT molecular complexity index is 580. The monoisotopic (exact) mass is 347 g/mol. The standard InChI is InChI=1S/C14H21N3O3S.ClH/c1-12-11-15-9-10-17(12)14(18)7-8-16-21(19,20)13-5-3-2-4-6-13;/h2-6,12,15-16H,7-11H2,1H3;1H/t12-;/m0./s1. The summed E-state index contributed by atoms with van der Waals surface area (Å²) >= 11 is 0. The minimum atomic E-state index is -3.53. The number of piperazine rings is 1. The zero-order valence-electron chi connectivity index (χ0n) is 12.5. The molecule has 1 heterocycles. The first-order valence-corrected chi connectivity index (χ1v) is 8.54. The molecule has 2 N–H and O–H groups in total. The van der Waals surface area contributed by atoms with Gasteiger partial charge in [0.15, 0.2) is 0 Å². The molecule has 1 aliphatic heterocycles. The van der Waals surface area contributed by atoms with Crippen LogP contribution in [0.1, 0.15) is 13.3 Å². The highest BCUT2D eigenvalue weighted by Crippen LogP contribution is 2.08. The fourth-order valence-electron chi connectivity index (χ4n) is 2.33. The normalized spacial score (nSPS) is 18.6. The second-order valence-corrected chi connectivity index (χ2v) is 6.87. The van der Waals surface area contributed by atoms with Crippen LogP contribution in [-0.2, 0) is 14.8 Å². The van der Waals surface area contributed by atoms with Crippen LogP contribution in [0.5, 0.6) is 0 Å². The lowest BCUT2D eigenvalue weighted by molar-refractivity contribution is -0.133. The Kier molecular flexibility index (Phi) is 7.28. The molecule has 1 aromatic rings. The van der Waals surface area contributed by atoms with Crippen molar-refractivity contribution < 1.29 is 13.2 Å². The first-order chi connectivity index (χ1) is 10.0. The maximum absolute atomic E-state index is 12.1. The predicted molar refractivity (Wildman–Crippen MR) is 87.5 cm³/mol. The number of nitrogens with zero attached hydrogens (tertiary/aromatic N) is 1. The second-order valence-electron chi connectivity index (χ2n) is 5.10. The predicted octanol–water partition coefficient (Wildman–Crippen LogP) is 0.597. The van der Waals surface area contributed by atoms with Crippen LogP contribution in [0, 0.1) is 0 Å². The Morgan fingerprint density at radius 2 is 2.05 bits per heavy atom. The van der Waals surface area contributed by atoms with Gasteiger partial charge in [-0.25, -0.2) is 13.1 Å². The average Bonchev–Trinajstić information content (AvgIpc) is 2.48. The molecular formula is C14H22ClN3O3S. The van der Waals surface area contributed by atoms with E-state index in [0.29, 0.717) is 6.54 Å². The lowest BCUT2D eigenvalue weighted by atomic mass is 10.2. The van der Waals surface area contributed by atoms with Crippen LogP contribution in [0.15, 0.2) is 35.2 Å². The van der Waals surface area contributed by atoms with E-state index in [-0.39, 0.29) is 42.2 Å². The molecule has 124 valence electrons. The molecule has 0 spiro atoms. The molecule has 0 unspecified atom stereocenters. The van der Waals surface area contributed by atoms with Gasteiger partial charge in [-0.15, -0.1) is 12.4 Å². The van der Waals surface area contributed by atoms with Crippen LogP contribution >= 0.6 is 12.4 Å². The molecule has 1 saturated heterocycles. The van der Waals surface area contributed by atoms with Crippen molar-refractivity contribution in [1.29, 1.82) is 0 Å². The molecule has 0 aliphatic carbocycles. The fraction of sp³-hybridized carbons (Fsp3) is 0.500. The molecule has 0 aromatic heterocycles. The molecule has 0 saturated carbocycles. The Morgan fingerprint density at radius 3 is 2.68 bits per heavy atom. The van der Waals surface area contributed by atoms with Gasteiger partial charge in [-0.1, -0.05) is 18.2 Å². The molecular weight excluding hydrogens is 326 g/mol. The van der Waals surface area contributed by atoms with Crippen LogP contribution < -0.4 is 10.0 Å². The number of sulfonamides is 1. The van der Waals surface area contributed by atoms with Crippen LogP contribution in [-0.4, -0.2) is 51.4 Å². The smallest absolute Gasteiger partial charge is 0.240 e. The molecule has 1 atom stereocenters. The Hall–Kier alpha value is -1.15. The summed E-state index contributed by atoms with van der Waals surface area (Å²) in [7, 11) is -3.53. The summed E-state index contributed by atoms with van der Waals surface area (Å²) < 4.78 is 26.5. The van der Waals surface area contributed by atoms with E-state index < -0.39 is 10.0 Å². The average molecular weight is 348 g/mol. The highest BCUT2D eigenvalue weighted by Gasteiger charge is 2.23. The number of hydrogen-bond donors (Lipinski definition) is 2. The Labute approximate surface area is 137 Å².